The van der Waals surface area contributed by atoms with Crippen molar-refractivity contribution in [2.24, 2.45) is 5.10 Å². The predicted octanol–water partition coefficient (Wildman–Crippen LogP) is 12.2. The number of carboxylic acids is 1. The Labute approximate surface area is 326 Å². The number of ether oxygens (including phenoxy) is 1. The number of aliphatic carboxylic acids is 1. The largest absolute Gasteiger partial charge is 0.494 e. The summed E-state index contributed by atoms with van der Waals surface area (Å²) >= 11 is 1.43. The van der Waals surface area contributed by atoms with Crippen molar-refractivity contribution in [1.82, 2.24) is 0 Å². The van der Waals surface area contributed by atoms with E-state index in [1.165, 1.54) is 36.7 Å². The summed E-state index contributed by atoms with van der Waals surface area (Å²) in [7, 11) is 0. The number of anilines is 4. The SMILES string of the molecule is CCCCCCOc1ccc(C2CC(c3ccc(C=C(C#N)C(=O)O)s3)=NN2c2ccc(-c3ccc(N(c4ccccc4)c4ccccc4)cc3)cc2)cc1. The van der Waals surface area contributed by atoms with Crippen molar-refractivity contribution >= 4 is 51.8 Å². The third kappa shape index (κ3) is 8.86. The number of para-hydroxylation sites is 2. The first-order chi connectivity index (χ1) is 27.0. The zero-order valence-electron chi connectivity index (χ0n) is 30.7. The van der Waals surface area contributed by atoms with Gasteiger partial charge in [0.15, 0.2) is 0 Å². The van der Waals surface area contributed by atoms with Gasteiger partial charge in [-0.15, -0.1) is 11.3 Å². The van der Waals surface area contributed by atoms with Crippen LogP contribution >= 0.6 is 11.3 Å². The molecule has 55 heavy (non-hydrogen) atoms. The van der Waals surface area contributed by atoms with Crippen LogP contribution < -0.4 is 14.6 Å². The number of rotatable bonds is 15. The summed E-state index contributed by atoms with van der Waals surface area (Å²) in [6.07, 6.45) is 6.71. The van der Waals surface area contributed by atoms with E-state index in [0.717, 1.165) is 62.2 Å². The van der Waals surface area contributed by atoms with Crippen molar-refractivity contribution in [2.45, 2.75) is 45.1 Å². The summed E-state index contributed by atoms with van der Waals surface area (Å²) in [4.78, 5) is 15.3. The molecule has 5 aromatic carbocycles. The maximum atomic E-state index is 11.5. The molecule has 0 radical (unpaired) electrons. The fraction of sp³-hybridized carbons (Fsp3) is 0.170. The molecule has 1 unspecified atom stereocenters. The van der Waals surface area contributed by atoms with Crippen molar-refractivity contribution in [1.29, 1.82) is 5.26 Å². The molecule has 1 aliphatic heterocycles. The molecular weight excluding hydrogens is 701 g/mol. The molecule has 8 heteroatoms. The summed E-state index contributed by atoms with van der Waals surface area (Å²) in [6.45, 7) is 2.92. The van der Waals surface area contributed by atoms with E-state index >= 15 is 0 Å². The molecule has 0 saturated heterocycles. The standard InChI is InChI=1S/C47H42N4O3S/c1-2-3-4-11-30-54-42-26-20-36(21-27-42)45-32-44(46-29-28-43(55-46)31-37(33-48)47(52)53)49-51(45)41-24-18-35(19-25-41)34-16-22-40(23-17-34)50(38-12-7-5-8-13-38)39-14-9-6-10-15-39/h5-10,12-29,31,45H,2-4,11,30,32H2,1H3,(H,52,53). The van der Waals surface area contributed by atoms with Crippen LogP contribution in [0.2, 0.25) is 0 Å². The number of benzene rings is 5. The van der Waals surface area contributed by atoms with Gasteiger partial charge in [0.05, 0.1) is 28.9 Å². The lowest BCUT2D eigenvalue weighted by Crippen LogP contribution is -2.18. The van der Waals surface area contributed by atoms with E-state index in [-0.39, 0.29) is 11.6 Å². The number of carbonyl (C=O) groups is 1. The van der Waals surface area contributed by atoms with Gasteiger partial charge >= 0.3 is 5.97 Å². The molecule has 0 fully saturated rings. The second kappa shape index (κ2) is 17.6. The van der Waals surface area contributed by atoms with Gasteiger partial charge in [0.2, 0.25) is 0 Å². The molecule has 7 nitrogen and oxygen atoms in total. The lowest BCUT2D eigenvalue weighted by molar-refractivity contribution is -0.132. The summed E-state index contributed by atoms with van der Waals surface area (Å²) in [6, 6.07) is 51.8. The second-order valence-corrected chi connectivity index (χ2v) is 14.5. The van der Waals surface area contributed by atoms with Crippen LogP contribution in [0, 0.1) is 11.3 Å². The maximum Gasteiger partial charge on any atom is 0.346 e. The van der Waals surface area contributed by atoms with Gasteiger partial charge in [-0.25, -0.2) is 4.79 Å². The summed E-state index contributed by atoms with van der Waals surface area (Å²) in [5, 5.41) is 25.9. The van der Waals surface area contributed by atoms with Gasteiger partial charge in [0, 0.05) is 28.4 Å². The highest BCUT2D eigenvalue weighted by Crippen LogP contribution is 2.40. The van der Waals surface area contributed by atoms with E-state index in [4.69, 9.17) is 9.84 Å². The van der Waals surface area contributed by atoms with E-state index in [1.807, 2.05) is 36.4 Å². The van der Waals surface area contributed by atoms with Gasteiger partial charge in [0.25, 0.3) is 0 Å². The van der Waals surface area contributed by atoms with Crippen LogP contribution in [0.25, 0.3) is 17.2 Å². The molecule has 2 heterocycles. The molecule has 0 aliphatic carbocycles. The van der Waals surface area contributed by atoms with Crippen LogP contribution in [0.4, 0.5) is 22.7 Å². The fourth-order valence-electron chi connectivity index (χ4n) is 6.74. The van der Waals surface area contributed by atoms with Crippen molar-refractivity contribution in [3.63, 3.8) is 0 Å². The monoisotopic (exact) mass is 742 g/mol. The third-order valence-electron chi connectivity index (χ3n) is 9.61. The average molecular weight is 743 g/mol. The van der Waals surface area contributed by atoms with Crippen LogP contribution in [-0.2, 0) is 4.79 Å². The minimum absolute atomic E-state index is 0.0597. The van der Waals surface area contributed by atoms with Gasteiger partial charge in [-0.05, 0) is 102 Å². The van der Waals surface area contributed by atoms with Crippen molar-refractivity contribution < 1.29 is 14.6 Å². The molecule has 0 amide bonds. The molecule has 0 spiro atoms. The minimum Gasteiger partial charge on any atom is -0.494 e. The van der Waals surface area contributed by atoms with E-state index in [2.05, 4.69) is 126 Å². The third-order valence-corrected chi connectivity index (χ3v) is 10.7. The van der Waals surface area contributed by atoms with Crippen molar-refractivity contribution in [3.8, 4) is 22.9 Å². The molecule has 0 saturated carbocycles. The van der Waals surface area contributed by atoms with Crippen molar-refractivity contribution in [2.75, 3.05) is 16.5 Å². The molecule has 6 aromatic rings. The number of hydrogen-bond donors (Lipinski definition) is 1. The number of hydrogen-bond acceptors (Lipinski definition) is 7. The van der Waals surface area contributed by atoms with Gasteiger partial charge < -0.3 is 14.7 Å². The van der Waals surface area contributed by atoms with E-state index in [0.29, 0.717) is 17.9 Å². The van der Waals surface area contributed by atoms with Crippen LogP contribution in [-0.4, -0.2) is 23.4 Å². The molecular formula is C47H42N4O3S. The number of thiophene rings is 1. The van der Waals surface area contributed by atoms with Crippen LogP contribution in [0.3, 0.4) is 0 Å². The highest BCUT2D eigenvalue weighted by Gasteiger charge is 2.31. The first-order valence-electron chi connectivity index (χ1n) is 18.7. The molecule has 1 aliphatic rings. The lowest BCUT2D eigenvalue weighted by atomic mass is 10.00. The Morgan fingerprint density at radius 3 is 2.04 bits per heavy atom. The molecule has 0 bridgehead atoms. The fourth-order valence-corrected chi connectivity index (χ4v) is 7.69. The van der Waals surface area contributed by atoms with Gasteiger partial charge in [-0.1, -0.05) is 99.0 Å². The zero-order valence-corrected chi connectivity index (χ0v) is 31.5. The quantitative estimate of drug-likeness (QED) is 0.0640. The normalized spacial score (nSPS) is 14.0. The van der Waals surface area contributed by atoms with E-state index in [1.54, 1.807) is 6.07 Å². The average Bonchev–Trinajstić information content (AvgIpc) is 3.89. The van der Waals surface area contributed by atoms with Gasteiger partial charge in [-0.2, -0.15) is 10.4 Å². The summed E-state index contributed by atoms with van der Waals surface area (Å²) in [5.74, 6) is -0.380. The molecule has 1 N–H and O–H groups in total. The Kier molecular flexibility index (Phi) is 11.8. The number of nitriles is 1. The molecule has 1 aromatic heterocycles. The number of nitrogens with zero attached hydrogens (tertiary/aromatic N) is 4. The smallest absolute Gasteiger partial charge is 0.346 e. The number of hydrazone groups is 1. The van der Waals surface area contributed by atoms with E-state index < -0.39 is 5.97 Å². The van der Waals surface area contributed by atoms with Gasteiger partial charge in [-0.3, -0.25) is 5.01 Å². The Balaban J connectivity index is 1.14. The van der Waals surface area contributed by atoms with Crippen LogP contribution in [0.1, 0.15) is 60.4 Å². The van der Waals surface area contributed by atoms with Gasteiger partial charge in [0.1, 0.15) is 17.4 Å². The predicted molar refractivity (Wildman–Crippen MR) is 225 cm³/mol. The molecule has 1 atom stereocenters. The Morgan fingerprint density at radius 1 is 0.818 bits per heavy atom. The number of unbranched alkanes of at least 4 members (excludes halogenated alkanes) is 3. The minimum atomic E-state index is -1.24. The summed E-state index contributed by atoms with van der Waals surface area (Å²) < 4.78 is 6.04. The number of carboxylic acid groups (broad SMARTS) is 1. The topological polar surface area (TPSA) is 89.2 Å². The van der Waals surface area contributed by atoms with Crippen molar-refractivity contribution in [3.05, 3.63) is 166 Å². The highest BCUT2D eigenvalue weighted by molar-refractivity contribution is 7.15. The Morgan fingerprint density at radius 2 is 1.44 bits per heavy atom. The highest BCUT2D eigenvalue weighted by atomic mass is 32.1. The Bertz CT molecular complexity index is 2250. The second-order valence-electron chi connectivity index (χ2n) is 13.4. The van der Waals surface area contributed by atoms with Crippen LogP contribution in [0.15, 0.2) is 156 Å². The first kappa shape index (κ1) is 36.9. The van der Waals surface area contributed by atoms with Crippen LogP contribution in [0.5, 0.6) is 5.75 Å². The molecule has 7 rings (SSSR count). The lowest BCUT2D eigenvalue weighted by Gasteiger charge is -2.25. The molecule has 274 valence electrons. The Hall–Kier alpha value is -6.43. The zero-order chi connectivity index (χ0) is 38.0. The van der Waals surface area contributed by atoms with E-state index in [9.17, 15) is 15.2 Å². The maximum absolute atomic E-state index is 11.5. The first-order valence-corrected chi connectivity index (χ1v) is 19.5. The summed E-state index contributed by atoms with van der Waals surface area (Å²) in [5.41, 5.74) is 8.17.